The molecule has 0 spiro atoms. The molecule has 0 unspecified atom stereocenters. The van der Waals surface area contributed by atoms with Crippen LogP contribution in [0.4, 0.5) is 4.39 Å². The maximum absolute atomic E-state index is 13.0. The molecule has 0 saturated carbocycles. The molecular formula is C21H26FNO2. The molecule has 0 bridgehead atoms. The number of carbonyl (C=O) groups excluding carboxylic acids is 1. The minimum Gasteiger partial charge on any atom is -0.481 e. The van der Waals surface area contributed by atoms with Gasteiger partial charge in [-0.1, -0.05) is 45.0 Å². The molecule has 4 heteroatoms. The van der Waals surface area contributed by atoms with Crippen LogP contribution in [-0.4, -0.2) is 12.0 Å². The van der Waals surface area contributed by atoms with Gasteiger partial charge in [0.05, 0.1) is 6.04 Å². The normalized spacial score (nSPS) is 13.8. The molecule has 25 heavy (non-hydrogen) atoms. The second kappa shape index (κ2) is 7.68. The number of hydrogen-bond donors (Lipinski definition) is 1. The minimum absolute atomic E-state index is 0.0755. The Kier molecular flexibility index (Phi) is 5.83. The maximum Gasteiger partial charge on any atom is 0.261 e. The number of hydrogen-bond acceptors (Lipinski definition) is 2. The molecule has 0 aliphatic rings. The highest BCUT2D eigenvalue weighted by molar-refractivity contribution is 5.81. The molecule has 0 aliphatic carbocycles. The fourth-order valence-corrected chi connectivity index (χ4v) is 2.46. The van der Waals surface area contributed by atoms with Crippen LogP contribution < -0.4 is 10.1 Å². The van der Waals surface area contributed by atoms with Crippen LogP contribution >= 0.6 is 0 Å². The lowest BCUT2D eigenvalue weighted by Crippen LogP contribution is -2.37. The SMILES string of the molecule is C[C@H](Oc1ccc(C(C)(C)C)cc1)C(=O)N[C@@H](C)c1ccc(F)cc1. The Balaban J connectivity index is 1.94. The molecule has 2 atom stereocenters. The molecule has 1 amide bonds. The first kappa shape index (κ1) is 19.0. The van der Waals surface area contributed by atoms with Crippen molar-refractivity contribution in [2.75, 3.05) is 0 Å². The highest BCUT2D eigenvalue weighted by Gasteiger charge is 2.18. The summed E-state index contributed by atoms with van der Waals surface area (Å²) in [5.41, 5.74) is 2.13. The van der Waals surface area contributed by atoms with Crippen LogP contribution in [0.15, 0.2) is 48.5 Å². The van der Waals surface area contributed by atoms with Crippen molar-refractivity contribution >= 4 is 5.91 Å². The molecule has 0 aliphatic heterocycles. The van der Waals surface area contributed by atoms with Gasteiger partial charge in [-0.25, -0.2) is 4.39 Å². The third kappa shape index (κ3) is 5.31. The van der Waals surface area contributed by atoms with E-state index in [9.17, 15) is 9.18 Å². The molecule has 2 rings (SSSR count). The predicted octanol–water partition coefficient (Wildman–Crippen LogP) is 4.77. The summed E-state index contributed by atoms with van der Waals surface area (Å²) in [4.78, 5) is 12.3. The fourth-order valence-electron chi connectivity index (χ4n) is 2.46. The van der Waals surface area contributed by atoms with Gasteiger partial charge in [-0.05, 0) is 54.7 Å². The first-order valence-electron chi connectivity index (χ1n) is 8.50. The summed E-state index contributed by atoms with van der Waals surface area (Å²) in [5.74, 6) is 0.152. The zero-order valence-electron chi connectivity index (χ0n) is 15.5. The Labute approximate surface area is 149 Å². The van der Waals surface area contributed by atoms with Crippen molar-refractivity contribution < 1.29 is 13.9 Å². The third-order valence-corrected chi connectivity index (χ3v) is 4.13. The van der Waals surface area contributed by atoms with Gasteiger partial charge in [0.1, 0.15) is 11.6 Å². The maximum atomic E-state index is 13.0. The molecule has 1 N–H and O–H groups in total. The van der Waals surface area contributed by atoms with Crippen LogP contribution in [0, 0.1) is 5.82 Å². The summed E-state index contributed by atoms with van der Waals surface area (Å²) >= 11 is 0. The van der Waals surface area contributed by atoms with Gasteiger partial charge in [0.2, 0.25) is 0 Å². The van der Waals surface area contributed by atoms with Gasteiger partial charge in [0, 0.05) is 0 Å². The Hall–Kier alpha value is -2.36. The van der Waals surface area contributed by atoms with E-state index in [0.29, 0.717) is 5.75 Å². The Morgan fingerprint density at radius 2 is 1.56 bits per heavy atom. The van der Waals surface area contributed by atoms with Gasteiger partial charge >= 0.3 is 0 Å². The third-order valence-electron chi connectivity index (χ3n) is 4.13. The van der Waals surface area contributed by atoms with Gasteiger partial charge in [-0.2, -0.15) is 0 Å². The first-order chi connectivity index (χ1) is 11.7. The number of amides is 1. The Bertz CT molecular complexity index is 702. The summed E-state index contributed by atoms with van der Waals surface area (Å²) in [6.07, 6.45) is -0.622. The van der Waals surface area contributed by atoms with Crippen molar-refractivity contribution in [1.82, 2.24) is 5.32 Å². The molecule has 0 aromatic heterocycles. The van der Waals surface area contributed by atoms with E-state index in [4.69, 9.17) is 4.74 Å². The highest BCUT2D eigenvalue weighted by atomic mass is 19.1. The van der Waals surface area contributed by atoms with Crippen LogP contribution in [0.25, 0.3) is 0 Å². The largest absolute Gasteiger partial charge is 0.481 e. The van der Waals surface area contributed by atoms with E-state index in [-0.39, 0.29) is 23.2 Å². The van der Waals surface area contributed by atoms with Crippen LogP contribution in [0.5, 0.6) is 5.75 Å². The molecule has 0 radical (unpaired) electrons. The molecule has 0 saturated heterocycles. The van der Waals surface area contributed by atoms with E-state index in [2.05, 4.69) is 26.1 Å². The number of benzene rings is 2. The number of halogens is 1. The standard InChI is InChI=1S/C21H26FNO2/c1-14(16-6-10-18(22)11-7-16)23-20(24)15(2)25-19-12-8-17(9-13-19)21(3,4)5/h6-15H,1-5H3,(H,23,24)/t14-,15-/m0/s1. The zero-order chi connectivity index (χ0) is 18.6. The van der Waals surface area contributed by atoms with E-state index in [1.807, 2.05) is 31.2 Å². The van der Waals surface area contributed by atoms with E-state index in [1.165, 1.54) is 17.7 Å². The van der Waals surface area contributed by atoms with E-state index >= 15 is 0 Å². The topological polar surface area (TPSA) is 38.3 Å². The van der Waals surface area contributed by atoms with Crippen LogP contribution in [0.1, 0.15) is 51.8 Å². The van der Waals surface area contributed by atoms with Crippen molar-refractivity contribution in [3.8, 4) is 5.75 Å². The highest BCUT2D eigenvalue weighted by Crippen LogP contribution is 2.24. The summed E-state index contributed by atoms with van der Waals surface area (Å²) < 4.78 is 18.7. The monoisotopic (exact) mass is 343 g/mol. The fraction of sp³-hybridized carbons (Fsp3) is 0.381. The van der Waals surface area contributed by atoms with Crippen molar-refractivity contribution in [3.05, 3.63) is 65.5 Å². The van der Waals surface area contributed by atoms with Crippen LogP contribution in [0.2, 0.25) is 0 Å². The predicted molar refractivity (Wildman–Crippen MR) is 98.2 cm³/mol. The van der Waals surface area contributed by atoms with Crippen molar-refractivity contribution in [2.45, 2.75) is 52.2 Å². The quantitative estimate of drug-likeness (QED) is 0.849. The Morgan fingerprint density at radius 1 is 1.00 bits per heavy atom. The second-order valence-corrected chi connectivity index (χ2v) is 7.32. The lowest BCUT2D eigenvalue weighted by Gasteiger charge is -2.21. The average Bonchev–Trinajstić information content (AvgIpc) is 2.55. The Morgan fingerprint density at radius 3 is 2.08 bits per heavy atom. The number of nitrogens with one attached hydrogen (secondary N) is 1. The van der Waals surface area contributed by atoms with E-state index < -0.39 is 6.10 Å². The average molecular weight is 343 g/mol. The van der Waals surface area contributed by atoms with E-state index in [1.54, 1.807) is 19.1 Å². The smallest absolute Gasteiger partial charge is 0.261 e. The van der Waals surface area contributed by atoms with Crippen LogP contribution in [-0.2, 0) is 10.2 Å². The van der Waals surface area contributed by atoms with Gasteiger partial charge in [-0.3, -0.25) is 4.79 Å². The van der Waals surface area contributed by atoms with Crippen molar-refractivity contribution in [2.24, 2.45) is 0 Å². The summed E-state index contributed by atoms with van der Waals surface area (Å²) in [5, 5.41) is 2.88. The zero-order valence-corrected chi connectivity index (χ0v) is 15.5. The molecule has 134 valence electrons. The van der Waals surface area contributed by atoms with Gasteiger partial charge in [0.15, 0.2) is 6.10 Å². The van der Waals surface area contributed by atoms with Crippen LogP contribution in [0.3, 0.4) is 0 Å². The molecule has 0 fully saturated rings. The minimum atomic E-state index is -0.622. The number of rotatable bonds is 5. The summed E-state index contributed by atoms with van der Waals surface area (Å²) in [6.45, 7) is 10.0. The van der Waals surface area contributed by atoms with Gasteiger partial charge in [-0.15, -0.1) is 0 Å². The molecule has 2 aromatic rings. The summed E-state index contributed by atoms with van der Waals surface area (Å²) in [7, 11) is 0. The van der Waals surface area contributed by atoms with Crippen molar-refractivity contribution in [3.63, 3.8) is 0 Å². The molecule has 3 nitrogen and oxygen atoms in total. The van der Waals surface area contributed by atoms with Gasteiger partial charge in [0.25, 0.3) is 5.91 Å². The molecule has 2 aromatic carbocycles. The first-order valence-corrected chi connectivity index (χ1v) is 8.50. The van der Waals surface area contributed by atoms with Gasteiger partial charge < -0.3 is 10.1 Å². The molecule has 0 heterocycles. The number of ether oxygens (including phenoxy) is 1. The summed E-state index contributed by atoms with van der Waals surface area (Å²) in [6, 6.07) is 13.7. The lowest BCUT2D eigenvalue weighted by atomic mass is 9.87. The lowest BCUT2D eigenvalue weighted by molar-refractivity contribution is -0.127. The number of carbonyl (C=O) groups is 1. The van der Waals surface area contributed by atoms with E-state index in [0.717, 1.165) is 5.56 Å². The molecular weight excluding hydrogens is 317 g/mol. The second-order valence-electron chi connectivity index (χ2n) is 7.32. The van der Waals surface area contributed by atoms with Crippen molar-refractivity contribution in [1.29, 1.82) is 0 Å².